The molecule has 0 aliphatic heterocycles. The molecule has 0 radical (unpaired) electrons. The van der Waals surface area contributed by atoms with Gasteiger partial charge in [0.1, 0.15) is 0 Å². The van der Waals surface area contributed by atoms with Crippen LogP contribution in [-0.2, 0) is 0 Å². The second-order valence-corrected chi connectivity index (χ2v) is 5.31. The lowest BCUT2D eigenvalue weighted by molar-refractivity contribution is -0.145. The molecule has 1 aromatic rings. The van der Waals surface area contributed by atoms with E-state index in [2.05, 4.69) is 5.32 Å². The molecule has 6 heteroatoms. The van der Waals surface area contributed by atoms with Crippen LogP contribution in [0.2, 0.25) is 5.02 Å². The Hall–Kier alpha value is -0.780. The van der Waals surface area contributed by atoms with Gasteiger partial charge in [-0.05, 0) is 31.1 Å². The van der Waals surface area contributed by atoms with Gasteiger partial charge in [-0.15, -0.1) is 0 Å². The van der Waals surface area contributed by atoms with Crippen molar-refractivity contribution in [3.8, 4) is 0 Å². The van der Waals surface area contributed by atoms with Crippen molar-refractivity contribution in [1.82, 2.24) is 10.2 Å². The topological polar surface area (TPSA) is 15.3 Å². The quantitative estimate of drug-likeness (QED) is 0.769. The van der Waals surface area contributed by atoms with Crippen LogP contribution in [0.15, 0.2) is 24.3 Å². The lowest BCUT2D eigenvalue weighted by Gasteiger charge is -2.26. The average Bonchev–Trinajstić information content (AvgIpc) is 2.41. The molecule has 0 fully saturated rings. The highest BCUT2D eigenvalue weighted by molar-refractivity contribution is 6.31. The van der Waals surface area contributed by atoms with Gasteiger partial charge in [-0.1, -0.05) is 43.6 Å². The summed E-state index contributed by atoms with van der Waals surface area (Å²) in [6.07, 6.45) is -3.57. The Morgan fingerprint density at radius 1 is 1.24 bits per heavy atom. The van der Waals surface area contributed by atoms with E-state index >= 15 is 0 Å². The molecule has 0 spiro atoms. The number of nitrogens with one attached hydrogen (secondary N) is 1. The Kier molecular flexibility index (Phi) is 7.49. The summed E-state index contributed by atoms with van der Waals surface area (Å²) in [7, 11) is 0. The maximum Gasteiger partial charge on any atom is 0.401 e. The second-order valence-electron chi connectivity index (χ2n) is 4.90. The van der Waals surface area contributed by atoms with Crippen LogP contribution in [0.5, 0.6) is 0 Å². The van der Waals surface area contributed by atoms with Crippen molar-refractivity contribution in [2.75, 3.05) is 26.2 Å². The van der Waals surface area contributed by atoms with Crippen molar-refractivity contribution in [3.05, 3.63) is 34.9 Å². The monoisotopic (exact) mass is 322 g/mol. The third-order valence-electron chi connectivity index (χ3n) is 3.32. The van der Waals surface area contributed by atoms with E-state index in [1.165, 1.54) is 4.90 Å². The maximum absolute atomic E-state index is 12.5. The Morgan fingerprint density at radius 2 is 1.90 bits per heavy atom. The predicted molar refractivity (Wildman–Crippen MR) is 80.7 cm³/mol. The van der Waals surface area contributed by atoms with Crippen LogP contribution >= 0.6 is 11.6 Å². The van der Waals surface area contributed by atoms with Crippen LogP contribution < -0.4 is 5.32 Å². The van der Waals surface area contributed by atoms with E-state index in [1.54, 1.807) is 13.0 Å². The van der Waals surface area contributed by atoms with E-state index in [1.807, 2.05) is 25.1 Å². The lowest BCUT2D eigenvalue weighted by Crippen LogP contribution is -2.36. The van der Waals surface area contributed by atoms with Gasteiger partial charge in [0.15, 0.2) is 0 Å². The van der Waals surface area contributed by atoms with E-state index in [0.717, 1.165) is 12.1 Å². The number of alkyl halides is 3. The van der Waals surface area contributed by atoms with Crippen LogP contribution in [-0.4, -0.2) is 37.3 Å². The molecule has 0 aliphatic carbocycles. The Morgan fingerprint density at radius 3 is 2.43 bits per heavy atom. The summed E-state index contributed by atoms with van der Waals surface area (Å²) in [4.78, 5) is 1.40. The molecule has 1 unspecified atom stereocenters. The number of hydrogen-bond donors (Lipinski definition) is 1. The second kappa shape index (κ2) is 8.61. The van der Waals surface area contributed by atoms with Crippen LogP contribution in [0.3, 0.4) is 0 Å². The summed E-state index contributed by atoms with van der Waals surface area (Å²) < 4.78 is 37.4. The SMILES string of the molecule is CCNC(CCN(CC)CC(F)(F)F)c1ccccc1Cl. The zero-order valence-electron chi connectivity index (χ0n) is 12.4. The summed E-state index contributed by atoms with van der Waals surface area (Å²) >= 11 is 6.18. The van der Waals surface area contributed by atoms with E-state index < -0.39 is 12.7 Å². The molecule has 120 valence electrons. The lowest BCUT2D eigenvalue weighted by atomic mass is 10.0. The van der Waals surface area contributed by atoms with Crippen molar-refractivity contribution < 1.29 is 13.2 Å². The highest BCUT2D eigenvalue weighted by Gasteiger charge is 2.30. The van der Waals surface area contributed by atoms with Gasteiger partial charge in [0.25, 0.3) is 0 Å². The Labute approximate surface area is 129 Å². The molecule has 0 saturated carbocycles. The highest BCUT2D eigenvalue weighted by atomic mass is 35.5. The predicted octanol–water partition coefficient (Wildman–Crippen LogP) is 4.26. The van der Waals surface area contributed by atoms with Crippen LogP contribution in [0.4, 0.5) is 13.2 Å². The van der Waals surface area contributed by atoms with E-state index in [4.69, 9.17) is 11.6 Å². The normalized spacial score (nSPS) is 13.7. The molecule has 1 rings (SSSR count). The van der Waals surface area contributed by atoms with E-state index in [9.17, 15) is 13.2 Å². The fraction of sp³-hybridized carbons (Fsp3) is 0.600. The van der Waals surface area contributed by atoms with E-state index in [-0.39, 0.29) is 6.04 Å². The van der Waals surface area contributed by atoms with Crippen molar-refractivity contribution in [3.63, 3.8) is 0 Å². The Bertz CT molecular complexity index is 424. The van der Waals surface area contributed by atoms with Crippen molar-refractivity contribution in [1.29, 1.82) is 0 Å². The van der Waals surface area contributed by atoms with Gasteiger partial charge in [0.2, 0.25) is 0 Å². The number of benzene rings is 1. The molecule has 0 heterocycles. The zero-order valence-corrected chi connectivity index (χ0v) is 13.1. The third-order valence-corrected chi connectivity index (χ3v) is 3.66. The first-order valence-electron chi connectivity index (χ1n) is 7.14. The molecule has 0 amide bonds. The van der Waals surface area contributed by atoms with Crippen molar-refractivity contribution >= 4 is 11.6 Å². The van der Waals surface area contributed by atoms with Crippen molar-refractivity contribution in [2.45, 2.75) is 32.5 Å². The van der Waals surface area contributed by atoms with Gasteiger partial charge in [-0.2, -0.15) is 13.2 Å². The first-order chi connectivity index (χ1) is 9.87. The average molecular weight is 323 g/mol. The summed E-state index contributed by atoms with van der Waals surface area (Å²) in [6, 6.07) is 7.41. The molecule has 0 bridgehead atoms. The summed E-state index contributed by atoms with van der Waals surface area (Å²) in [6.45, 7) is 4.33. The van der Waals surface area contributed by atoms with Crippen molar-refractivity contribution in [2.24, 2.45) is 0 Å². The standard InChI is InChI=1S/C15H22ClF3N2/c1-3-20-14(12-7-5-6-8-13(12)16)9-10-21(4-2)11-15(17,18)19/h5-8,14,20H,3-4,9-11H2,1-2H3. The highest BCUT2D eigenvalue weighted by Crippen LogP contribution is 2.25. The molecule has 0 aliphatic rings. The van der Waals surface area contributed by atoms with Gasteiger partial charge in [-0.3, -0.25) is 4.90 Å². The van der Waals surface area contributed by atoms with Gasteiger partial charge < -0.3 is 5.32 Å². The van der Waals surface area contributed by atoms with E-state index in [0.29, 0.717) is 24.5 Å². The maximum atomic E-state index is 12.5. The van der Waals surface area contributed by atoms with Gasteiger partial charge in [0, 0.05) is 17.6 Å². The number of rotatable bonds is 8. The van der Waals surface area contributed by atoms with Gasteiger partial charge in [-0.25, -0.2) is 0 Å². The number of halogens is 4. The number of nitrogens with zero attached hydrogens (tertiary/aromatic N) is 1. The number of hydrogen-bond acceptors (Lipinski definition) is 2. The fourth-order valence-corrected chi connectivity index (χ4v) is 2.55. The first-order valence-corrected chi connectivity index (χ1v) is 7.52. The molecule has 0 saturated heterocycles. The summed E-state index contributed by atoms with van der Waals surface area (Å²) in [5, 5.41) is 3.93. The minimum absolute atomic E-state index is 0.0361. The minimum atomic E-state index is -4.16. The van der Waals surface area contributed by atoms with Crippen LogP contribution in [0.1, 0.15) is 31.9 Å². The molecule has 2 nitrogen and oxygen atoms in total. The van der Waals surface area contributed by atoms with Gasteiger partial charge >= 0.3 is 6.18 Å². The molecular weight excluding hydrogens is 301 g/mol. The molecule has 0 aromatic heterocycles. The summed E-state index contributed by atoms with van der Waals surface area (Å²) in [5.41, 5.74) is 0.934. The molecule has 21 heavy (non-hydrogen) atoms. The third kappa shape index (κ3) is 6.68. The zero-order chi connectivity index (χ0) is 15.9. The van der Waals surface area contributed by atoms with Gasteiger partial charge in [0.05, 0.1) is 6.54 Å². The molecule has 1 aromatic carbocycles. The largest absolute Gasteiger partial charge is 0.401 e. The Balaban J connectivity index is 2.69. The molecule has 1 N–H and O–H groups in total. The first kappa shape index (κ1) is 18.3. The molecular formula is C15H22ClF3N2. The smallest absolute Gasteiger partial charge is 0.310 e. The molecule has 1 atom stereocenters. The minimum Gasteiger partial charge on any atom is -0.310 e. The fourth-order valence-electron chi connectivity index (χ4n) is 2.29. The summed E-state index contributed by atoms with van der Waals surface area (Å²) in [5.74, 6) is 0. The van der Waals surface area contributed by atoms with Crippen LogP contribution in [0.25, 0.3) is 0 Å². The van der Waals surface area contributed by atoms with Crippen LogP contribution in [0, 0.1) is 0 Å².